The fourth-order valence-electron chi connectivity index (χ4n) is 1.82. The quantitative estimate of drug-likeness (QED) is 0.532. The Balaban J connectivity index is 1.78. The van der Waals surface area contributed by atoms with Gasteiger partial charge in [-0.25, -0.2) is 13.1 Å². The Labute approximate surface area is 149 Å². The molecule has 1 heterocycles. The molecule has 0 spiro atoms. The number of sulfonamides is 1. The Morgan fingerprint density at radius 1 is 1.33 bits per heavy atom. The van der Waals surface area contributed by atoms with Crippen molar-refractivity contribution in [3.05, 3.63) is 35.4 Å². The maximum absolute atomic E-state index is 12.1. The van der Waals surface area contributed by atoms with Gasteiger partial charge in [0, 0.05) is 25.0 Å². The van der Waals surface area contributed by atoms with Gasteiger partial charge in [0.2, 0.25) is 15.4 Å². The van der Waals surface area contributed by atoms with Gasteiger partial charge in [-0.15, -0.1) is 10.2 Å². The monoisotopic (exact) mass is 386 g/mol. The van der Waals surface area contributed by atoms with E-state index in [0.29, 0.717) is 12.3 Å². The first-order chi connectivity index (χ1) is 11.4. The first-order valence-corrected chi connectivity index (χ1v) is 10.6. The molecule has 0 atom stereocenters. The molecule has 7 nitrogen and oxygen atoms in total. The predicted octanol–water partition coefficient (Wildman–Crippen LogP) is 2.02. The molecule has 1 aromatic carbocycles. The number of hydrogen-bond donors (Lipinski definition) is 2. The fraction of sp³-hybridized carbons (Fsp3) is 0.357. The number of rotatable bonds is 8. The van der Waals surface area contributed by atoms with Crippen LogP contribution in [0, 0.1) is 6.92 Å². The molecule has 0 aliphatic carbocycles. The number of carbonyl (C=O) groups is 1. The molecule has 2 rings (SSSR count). The molecule has 10 heteroatoms. The number of carbonyl (C=O) groups excluding carboxylic acids is 1. The number of nitrogens with zero attached hydrogens (tertiary/aromatic N) is 2. The normalized spacial score (nSPS) is 11.4. The summed E-state index contributed by atoms with van der Waals surface area (Å²) in [7, 11) is -3.70. The molecule has 0 saturated heterocycles. The van der Waals surface area contributed by atoms with Gasteiger partial charge in [0.15, 0.2) is 0 Å². The van der Waals surface area contributed by atoms with Crippen molar-refractivity contribution in [2.45, 2.75) is 23.9 Å². The highest BCUT2D eigenvalue weighted by molar-refractivity contribution is 7.98. The number of amides is 1. The van der Waals surface area contributed by atoms with E-state index in [1.54, 1.807) is 11.8 Å². The molecule has 0 fully saturated rings. The number of benzene rings is 1. The number of aromatic nitrogens is 2. The zero-order chi connectivity index (χ0) is 17.6. The van der Waals surface area contributed by atoms with Crippen molar-refractivity contribution < 1.29 is 13.2 Å². The summed E-state index contributed by atoms with van der Waals surface area (Å²) in [5, 5.41) is 9.79. The van der Waals surface area contributed by atoms with Crippen LogP contribution < -0.4 is 10.0 Å². The van der Waals surface area contributed by atoms with Crippen molar-refractivity contribution >= 4 is 44.2 Å². The van der Waals surface area contributed by atoms with Crippen LogP contribution in [0.25, 0.3) is 0 Å². The third-order valence-corrected chi connectivity index (χ3v) is 6.51. The van der Waals surface area contributed by atoms with E-state index < -0.39 is 10.0 Å². The average Bonchev–Trinajstić information content (AvgIpc) is 2.95. The van der Waals surface area contributed by atoms with Gasteiger partial charge in [0.25, 0.3) is 10.0 Å². The average molecular weight is 387 g/mol. The zero-order valence-corrected chi connectivity index (χ0v) is 15.7. The van der Waals surface area contributed by atoms with Crippen LogP contribution in [-0.4, -0.2) is 36.8 Å². The predicted molar refractivity (Wildman–Crippen MR) is 96.7 cm³/mol. The third kappa shape index (κ3) is 5.86. The van der Waals surface area contributed by atoms with Crippen LogP contribution in [0.3, 0.4) is 0 Å². The molecule has 0 radical (unpaired) electrons. The van der Waals surface area contributed by atoms with Gasteiger partial charge in [-0.1, -0.05) is 41.2 Å². The van der Waals surface area contributed by atoms with E-state index in [9.17, 15) is 13.2 Å². The minimum atomic E-state index is -3.70. The molecular weight excluding hydrogens is 368 g/mol. The van der Waals surface area contributed by atoms with Crippen molar-refractivity contribution in [2.24, 2.45) is 0 Å². The summed E-state index contributed by atoms with van der Waals surface area (Å²) in [6, 6.07) is 8.21. The van der Waals surface area contributed by atoms with Crippen molar-refractivity contribution in [2.75, 3.05) is 17.6 Å². The summed E-state index contributed by atoms with van der Waals surface area (Å²) in [5.74, 6) is 1.15. The molecule has 2 N–H and O–H groups in total. The lowest BCUT2D eigenvalue weighted by atomic mass is 10.2. The van der Waals surface area contributed by atoms with Gasteiger partial charge in [-0.3, -0.25) is 4.79 Å². The van der Waals surface area contributed by atoms with E-state index in [1.807, 2.05) is 19.1 Å². The van der Waals surface area contributed by atoms with Gasteiger partial charge in [-0.2, -0.15) is 11.8 Å². The van der Waals surface area contributed by atoms with Crippen LogP contribution in [0.4, 0.5) is 5.13 Å². The van der Waals surface area contributed by atoms with Crippen LogP contribution >= 0.6 is 23.1 Å². The zero-order valence-electron chi connectivity index (χ0n) is 13.3. The van der Waals surface area contributed by atoms with E-state index in [0.717, 1.165) is 17.1 Å². The second-order valence-corrected chi connectivity index (χ2v) is 9.02. The molecule has 0 aliphatic heterocycles. The highest BCUT2D eigenvalue weighted by Gasteiger charge is 2.19. The smallest absolute Gasteiger partial charge is 0.269 e. The SMILES string of the molecule is CC(=O)Nc1nnc(S(=O)(=O)NCCSCc2cccc(C)c2)s1. The Morgan fingerprint density at radius 3 is 2.83 bits per heavy atom. The second kappa shape index (κ2) is 8.56. The van der Waals surface area contributed by atoms with Crippen LogP contribution in [0.1, 0.15) is 18.1 Å². The van der Waals surface area contributed by atoms with Gasteiger partial charge in [-0.05, 0) is 12.5 Å². The lowest BCUT2D eigenvalue weighted by molar-refractivity contribution is -0.114. The van der Waals surface area contributed by atoms with Crippen LogP contribution in [0.2, 0.25) is 0 Å². The van der Waals surface area contributed by atoms with Crippen molar-refractivity contribution in [1.29, 1.82) is 0 Å². The number of nitrogens with one attached hydrogen (secondary N) is 2. The van der Waals surface area contributed by atoms with Crippen molar-refractivity contribution in [3.8, 4) is 0 Å². The topological polar surface area (TPSA) is 101 Å². The Kier molecular flexibility index (Phi) is 6.72. The molecular formula is C14H18N4O3S3. The summed E-state index contributed by atoms with van der Waals surface area (Å²) in [5.41, 5.74) is 2.42. The summed E-state index contributed by atoms with van der Waals surface area (Å²) in [6.45, 7) is 3.66. The largest absolute Gasteiger partial charge is 0.301 e. The molecule has 2 aromatic rings. The van der Waals surface area contributed by atoms with E-state index in [4.69, 9.17) is 0 Å². The Morgan fingerprint density at radius 2 is 2.12 bits per heavy atom. The van der Waals surface area contributed by atoms with E-state index in [2.05, 4.69) is 32.4 Å². The van der Waals surface area contributed by atoms with Gasteiger partial charge in [0.05, 0.1) is 0 Å². The van der Waals surface area contributed by atoms with Crippen LogP contribution in [0.5, 0.6) is 0 Å². The lowest BCUT2D eigenvalue weighted by Gasteiger charge is -2.04. The molecule has 0 aliphatic rings. The lowest BCUT2D eigenvalue weighted by Crippen LogP contribution is -2.26. The standard InChI is InChI=1S/C14H18N4O3S3/c1-10-4-3-5-12(8-10)9-22-7-6-15-24(20,21)14-18-17-13(23-14)16-11(2)19/h3-5,8,15H,6-7,9H2,1-2H3,(H,16,17,19). The van der Waals surface area contributed by atoms with Crippen molar-refractivity contribution in [3.63, 3.8) is 0 Å². The number of aryl methyl sites for hydroxylation is 1. The fourth-order valence-corrected chi connectivity index (χ4v) is 4.78. The maximum Gasteiger partial charge on any atom is 0.269 e. The highest BCUT2D eigenvalue weighted by Crippen LogP contribution is 2.19. The first kappa shape index (κ1) is 18.8. The minimum Gasteiger partial charge on any atom is -0.301 e. The van der Waals surface area contributed by atoms with Crippen LogP contribution in [-0.2, 0) is 20.6 Å². The van der Waals surface area contributed by atoms with Crippen molar-refractivity contribution in [1.82, 2.24) is 14.9 Å². The van der Waals surface area contributed by atoms with Gasteiger partial charge < -0.3 is 5.32 Å². The molecule has 0 unspecified atom stereocenters. The minimum absolute atomic E-state index is 0.157. The van der Waals surface area contributed by atoms with Gasteiger partial charge >= 0.3 is 0 Å². The first-order valence-electron chi connectivity index (χ1n) is 7.11. The second-order valence-electron chi connectivity index (χ2n) is 4.99. The Hall–Kier alpha value is -1.49. The highest BCUT2D eigenvalue weighted by atomic mass is 32.2. The molecule has 1 aromatic heterocycles. The molecule has 0 bridgehead atoms. The van der Waals surface area contributed by atoms with E-state index >= 15 is 0 Å². The third-order valence-electron chi connectivity index (χ3n) is 2.81. The molecule has 1 amide bonds. The van der Waals surface area contributed by atoms with E-state index in [1.165, 1.54) is 18.1 Å². The Bertz CT molecular complexity index is 805. The summed E-state index contributed by atoms with van der Waals surface area (Å²) < 4.78 is 26.5. The van der Waals surface area contributed by atoms with E-state index in [-0.39, 0.29) is 15.4 Å². The maximum atomic E-state index is 12.1. The molecule has 130 valence electrons. The number of thioether (sulfide) groups is 1. The summed E-state index contributed by atoms with van der Waals surface area (Å²) in [6.07, 6.45) is 0. The summed E-state index contributed by atoms with van der Waals surface area (Å²) >= 11 is 2.47. The van der Waals surface area contributed by atoms with Gasteiger partial charge in [0.1, 0.15) is 0 Å². The number of hydrogen-bond acceptors (Lipinski definition) is 7. The summed E-state index contributed by atoms with van der Waals surface area (Å²) in [4.78, 5) is 10.9. The number of anilines is 1. The molecule has 0 saturated carbocycles. The molecule has 24 heavy (non-hydrogen) atoms. The van der Waals surface area contributed by atoms with Crippen LogP contribution in [0.15, 0.2) is 28.6 Å².